The highest BCUT2D eigenvalue weighted by Gasteiger charge is 2.39. The van der Waals surface area contributed by atoms with Crippen LogP contribution in [0.3, 0.4) is 0 Å². The summed E-state index contributed by atoms with van der Waals surface area (Å²) >= 11 is 1.95. The van der Waals surface area contributed by atoms with Crippen LogP contribution in [0, 0.1) is 0 Å². The molecule has 0 atom stereocenters. The third-order valence-electron chi connectivity index (χ3n) is 14.3. The monoisotopic (exact) mass is 825 g/mol. The summed E-state index contributed by atoms with van der Waals surface area (Å²) in [6, 6.07) is 69.4. The van der Waals surface area contributed by atoms with Crippen LogP contribution in [0.25, 0.3) is 86.6 Å². The van der Waals surface area contributed by atoms with Gasteiger partial charge in [0.15, 0.2) is 0 Å². The van der Waals surface area contributed by atoms with E-state index in [0.29, 0.717) is 0 Å². The fourth-order valence-electron chi connectivity index (χ4n) is 11.1. The molecule has 300 valence electrons. The Kier molecular flexibility index (Phi) is 7.61. The van der Waals surface area contributed by atoms with Gasteiger partial charge in [0.1, 0.15) is 11.2 Å². The molecule has 0 spiro atoms. The molecule has 63 heavy (non-hydrogen) atoms. The highest BCUT2D eigenvalue weighted by atomic mass is 32.1. The first kappa shape index (κ1) is 36.5. The summed E-state index contributed by atoms with van der Waals surface area (Å²) < 4.78 is 9.43. The molecule has 11 aromatic rings. The number of rotatable bonds is 5. The van der Waals surface area contributed by atoms with Gasteiger partial charge in [-0.1, -0.05) is 173 Å². The van der Waals surface area contributed by atoms with Crippen LogP contribution in [0.15, 0.2) is 192 Å². The largest absolute Gasteiger partial charge is 0.455 e. The molecule has 9 aromatic carbocycles. The highest BCUT2D eigenvalue weighted by Crippen LogP contribution is 2.56. The number of para-hydroxylation sites is 1. The molecule has 13 rings (SSSR count). The van der Waals surface area contributed by atoms with Gasteiger partial charge in [0, 0.05) is 70.0 Å². The predicted molar refractivity (Wildman–Crippen MR) is 267 cm³/mol. The van der Waals surface area contributed by atoms with Crippen molar-refractivity contribution in [3.05, 3.63) is 210 Å². The molecule has 2 aliphatic rings. The molecule has 0 fully saturated rings. The second-order valence-corrected chi connectivity index (χ2v) is 19.5. The summed E-state index contributed by atoms with van der Waals surface area (Å²) in [5.74, 6) is 0. The van der Waals surface area contributed by atoms with Crippen LogP contribution in [-0.4, -0.2) is 0 Å². The molecule has 0 unspecified atom stereocenters. The zero-order chi connectivity index (χ0) is 42.2. The SMILES string of the molecule is CC1(C)c2ccc(N(c3ccc(-c4ccccc4)cc3)c3ccc(-c4cccc5c4sc4c6c(ccc45)C(C)(C)c4ccccc4-6)cc3)cc2-c2c1ccc1c2oc2ccccc21. The first-order valence-corrected chi connectivity index (χ1v) is 22.8. The van der Waals surface area contributed by atoms with Crippen LogP contribution >= 0.6 is 11.3 Å². The van der Waals surface area contributed by atoms with Gasteiger partial charge in [-0.15, -0.1) is 11.3 Å². The van der Waals surface area contributed by atoms with Crippen LogP contribution in [-0.2, 0) is 10.8 Å². The lowest BCUT2D eigenvalue weighted by Crippen LogP contribution is -2.15. The molecule has 0 N–H and O–H groups in total. The maximum atomic E-state index is 6.71. The van der Waals surface area contributed by atoms with E-state index in [-0.39, 0.29) is 10.8 Å². The first-order chi connectivity index (χ1) is 30.8. The minimum Gasteiger partial charge on any atom is -0.455 e. The zero-order valence-corrected chi connectivity index (χ0v) is 36.5. The number of hydrogen-bond donors (Lipinski definition) is 0. The third-order valence-corrected chi connectivity index (χ3v) is 15.6. The van der Waals surface area contributed by atoms with Crippen molar-refractivity contribution in [2.45, 2.75) is 38.5 Å². The van der Waals surface area contributed by atoms with Crippen molar-refractivity contribution in [2.75, 3.05) is 4.90 Å². The van der Waals surface area contributed by atoms with Gasteiger partial charge in [0.25, 0.3) is 0 Å². The van der Waals surface area contributed by atoms with E-state index >= 15 is 0 Å². The molecular weight excluding hydrogens is 783 g/mol. The Morgan fingerprint density at radius 2 is 0.937 bits per heavy atom. The molecule has 0 amide bonds. The van der Waals surface area contributed by atoms with Gasteiger partial charge in [-0.05, 0) is 98.1 Å². The molecule has 0 saturated heterocycles. The van der Waals surface area contributed by atoms with Crippen molar-refractivity contribution >= 4 is 70.5 Å². The molecule has 2 aromatic heterocycles. The van der Waals surface area contributed by atoms with Gasteiger partial charge in [-0.25, -0.2) is 0 Å². The first-order valence-electron chi connectivity index (χ1n) is 22.0. The van der Waals surface area contributed by atoms with Gasteiger partial charge in [0.2, 0.25) is 0 Å². The topological polar surface area (TPSA) is 16.4 Å². The molecular formula is C60H43NOS. The number of furan rings is 1. The standard InChI is InChI=1S/C60H43NOS/c1-59(2)49-19-10-8-16-47(49)55-52(59)34-31-46-45-18-12-17-42(57(45)63-58(46)55)38-23-27-40(28-24-38)61(39-25-21-37(22-26-39)36-13-6-5-7-14-36)41-29-32-50-48(35-41)54-51(60(50,3)4)33-30-44-43-15-9-11-20-53(43)62-56(44)54/h5-35H,1-4H3. The van der Waals surface area contributed by atoms with Crippen LogP contribution in [0.4, 0.5) is 17.1 Å². The molecule has 2 heterocycles. The lowest BCUT2D eigenvalue weighted by atomic mass is 9.82. The Morgan fingerprint density at radius 1 is 0.381 bits per heavy atom. The van der Waals surface area contributed by atoms with Gasteiger partial charge < -0.3 is 9.32 Å². The average molecular weight is 826 g/mol. The van der Waals surface area contributed by atoms with Gasteiger partial charge in [0.05, 0.1) is 0 Å². The Balaban J connectivity index is 0.957. The van der Waals surface area contributed by atoms with Crippen LogP contribution in [0.5, 0.6) is 0 Å². The smallest absolute Gasteiger partial charge is 0.143 e. The lowest BCUT2D eigenvalue weighted by molar-refractivity contribution is 0.653. The molecule has 0 saturated carbocycles. The maximum absolute atomic E-state index is 6.71. The van der Waals surface area contributed by atoms with Crippen molar-refractivity contribution in [2.24, 2.45) is 0 Å². The van der Waals surface area contributed by atoms with Crippen LogP contribution < -0.4 is 4.90 Å². The summed E-state index contributed by atoms with van der Waals surface area (Å²) in [7, 11) is 0. The summed E-state index contributed by atoms with van der Waals surface area (Å²) in [6.07, 6.45) is 0. The van der Waals surface area contributed by atoms with E-state index in [0.717, 1.165) is 39.0 Å². The second-order valence-electron chi connectivity index (χ2n) is 18.4. The molecule has 0 bridgehead atoms. The number of fused-ring (bicyclic) bond motifs is 14. The van der Waals surface area contributed by atoms with Crippen LogP contribution in [0.1, 0.15) is 49.9 Å². The lowest BCUT2D eigenvalue weighted by Gasteiger charge is -2.27. The fraction of sp³-hybridized carbons (Fsp3) is 0.100. The van der Waals surface area contributed by atoms with Crippen molar-refractivity contribution in [3.63, 3.8) is 0 Å². The number of thiophene rings is 1. The minimum atomic E-state index is -0.173. The Morgan fingerprint density at radius 3 is 1.71 bits per heavy atom. The van der Waals surface area contributed by atoms with E-state index in [1.807, 2.05) is 11.3 Å². The maximum Gasteiger partial charge on any atom is 0.143 e. The quantitative estimate of drug-likeness (QED) is 0.172. The summed E-state index contributed by atoms with van der Waals surface area (Å²) in [6.45, 7) is 9.42. The van der Waals surface area contributed by atoms with E-state index in [1.165, 1.54) is 86.9 Å². The van der Waals surface area contributed by atoms with Crippen molar-refractivity contribution in [3.8, 4) is 44.5 Å². The highest BCUT2D eigenvalue weighted by molar-refractivity contribution is 7.27. The van der Waals surface area contributed by atoms with Gasteiger partial charge >= 0.3 is 0 Å². The summed E-state index contributed by atoms with van der Waals surface area (Å²) in [4.78, 5) is 2.41. The van der Waals surface area contributed by atoms with Gasteiger partial charge in [-0.3, -0.25) is 0 Å². The number of benzene rings is 9. The molecule has 2 nitrogen and oxygen atoms in total. The minimum absolute atomic E-state index is 0.0270. The van der Waals surface area contributed by atoms with E-state index < -0.39 is 0 Å². The van der Waals surface area contributed by atoms with Crippen molar-refractivity contribution in [1.82, 2.24) is 0 Å². The Hall–Kier alpha value is -7.20. The molecule has 0 aliphatic heterocycles. The number of anilines is 3. The van der Waals surface area contributed by atoms with E-state index in [1.54, 1.807) is 0 Å². The van der Waals surface area contributed by atoms with E-state index in [2.05, 4.69) is 221 Å². The number of hydrogen-bond acceptors (Lipinski definition) is 3. The Labute approximate surface area is 371 Å². The third kappa shape index (κ3) is 5.18. The van der Waals surface area contributed by atoms with E-state index in [4.69, 9.17) is 4.42 Å². The molecule has 0 radical (unpaired) electrons. The molecule has 2 aliphatic carbocycles. The predicted octanol–water partition coefficient (Wildman–Crippen LogP) is 17.4. The number of nitrogens with zero attached hydrogens (tertiary/aromatic N) is 1. The molecule has 3 heteroatoms. The van der Waals surface area contributed by atoms with Crippen molar-refractivity contribution in [1.29, 1.82) is 0 Å². The zero-order valence-electron chi connectivity index (χ0n) is 35.7. The van der Waals surface area contributed by atoms with Crippen LogP contribution in [0.2, 0.25) is 0 Å². The summed E-state index contributed by atoms with van der Waals surface area (Å²) in [5, 5.41) is 4.98. The Bertz CT molecular complexity index is 3660. The fourth-order valence-corrected chi connectivity index (χ4v) is 12.5. The second kappa shape index (κ2) is 13.2. The van der Waals surface area contributed by atoms with Gasteiger partial charge in [-0.2, -0.15) is 0 Å². The normalized spacial score (nSPS) is 14.3. The summed E-state index contributed by atoms with van der Waals surface area (Å²) in [5.41, 5.74) is 20.6. The average Bonchev–Trinajstić information content (AvgIpc) is 4.02. The van der Waals surface area contributed by atoms with Crippen molar-refractivity contribution < 1.29 is 4.42 Å². The van der Waals surface area contributed by atoms with E-state index in [9.17, 15) is 0 Å².